The van der Waals surface area contributed by atoms with E-state index in [1.807, 2.05) is 12.1 Å². The molecule has 7 aromatic rings. The molecule has 0 saturated heterocycles. The molecule has 1 heterocycles. The molecule has 3 nitrogen and oxygen atoms in total. The minimum absolute atomic E-state index is 0.0762. The van der Waals surface area contributed by atoms with Gasteiger partial charge in [-0.1, -0.05) is 118 Å². The second-order valence-electron chi connectivity index (χ2n) is 12.0. The van der Waals surface area contributed by atoms with Gasteiger partial charge in [0.15, 0.2) is 5.58 Å². The van der Waals surface area contributed by atoms with Gasteiger partial charge in [-0.05, 0) is 65.1 Å². The lowest BCUT2D eigenvalue weighted by Gasteiger charge is -2.29. The molecule has 0 radical (unpaired) electrons. The van der Waals surface area contributed by atoms with Crippen molar-refractivity contribution in [3.8, 4) is 11.1 Å². The molecule has 0 bridgehead atoms. The molecule has 0 aliphatic rings. The summed E-state index contributed by atoms with van der Waals surface area (Å²) in [5, 5.41) is 5.89. The monoisotopic (exact) mass is 558 g/mol. The number of furan rings is 1. The Morgan fingerprint density at radius 1 is 0.581 bits per heavy atom. The molecule has 43 heavy (non-hydrogen) atoms. The fourth-order valence-corrected chi connectivity index (χ4v) is 5.79. The predicted octanol–water partition coefficient (Wildman–Crippen LogP) is 11.8. The quantitative estimate of drug-likeness (QED) is 0.220. The summed E-state index contributed by atoms with van der Waals surface area (Å²) in [6, 6.07) is 51.2. The Labute approximate surface area is 253 Å². The zero-order chi connectivity index (χ0) is 29.4. The fraction of sp³-hybridized carbons (Fsp3) is 0.100. The number of fused-ring (bicyclic) bond motifs is 3. The highest BCUT2D eigenvalue weighted by atomic mass is 16.3. The molecule has 6 aromatic carbocycles. The van der Waals surface area contributed by atoms with Gasteiger partial charge >= 0.3 is 0 Å². The summed E-state index contributed by atoms with van der Waals surface area (Å²) in [7, 11) is 0. The predicted molar refractivity (Wildman–Crippen MR) is 182 cm³/mol. The summed E-state index contributed by atoms with van der Waals surface area (Å²) in [4.78, 5) is 2.35. The van der Waals surface area contributed by atoms with Crippen LogP contribution in [-0.2, 0) is 5.41 Å². The van der Waals surface area contributed by atoms with Crippen LogP contribution >= 0.6 is 0 Å². The molecular weight excluding hydrogens is 524 g/mol. The Kier molecular flexibility index (Phi) is 6.71. The maximum Gasteiger partial charge on any atom is 0.158 e. The molecular formula is C40H34N2O. The molecule has 0 fully saturated rings. The van der Waals surface area contributed by atoms with Gasteiger partial charge in [-0.3, -0.25) is 0 Å². The summed E-state index contributed by atoms with van der Waals surface area (Å²) in [6.45, 7) is 6.76. The first kappa shape index (κ1) is 26.6. The molecule has 1 aromatic heterocycles. The van der Waals surface area contributed by atoms with Crippen LogP contribution in [0.2, 0.25) is 0 Å². The van der Waals surface area contributed by atoms with Crippen molar-refractivity contribution in [2.75, 3.05) is 10.2 Å². The molecule has 210 valence electrons. The van der Waals surface area contributed by atoms with Crippen molar-refractivity contribution in [2.24, 2.45) is 0 Å². The van der Waals surface area contributed by atoms with Crippen LogP contribution in [-0.4, -0.2) is 0 Å². The van der Waals surface area contributed by atoms with E-state index in [0.717, 1.165) is 50.4 Å². The third-order valence-corrected chi connectivity index (χ3v) is 8.01. The Morgan fingerprint density at radius 2 is 1.28 bits per heavy atom. The molecule has 0 atom stereocenters. The highest BCUT2D eigenvalue weighted by Gasteiger charge is 2.19. The first-order valence-electron chi connectivity index (χ1n) is 14.8. The molecule has 0 aliphatic heterocycles. The number of rotatable bonds is 6. The third kappa shape index (κ3) is 5.15. The largest absolute Gasteiger partial charge is 0.454 e. The average Bonchev–Trinajstić information content (AvgIpc) is 3.42. The number of benzene rings is 6. The van der Waals surface area contributed by atoms with Crippen LogP contribution in [0.15, 0.2) is 150 Å². The minimum atomic E-state index is 0.0762. The number of nitrogens with zero attached hydrogens (tertiary/aromatic N) is 1. The van der Waals surface area contributed by atoms with Crippen molar-refractivity contribution in [1.82, 2.24) is 0 Å². The van der Waals surface area contributed by atoms with Gasteiger partial charge in [0, 0.05) is 33.4 Å². The summed E-state index contributed by atoms with van der Waals surface area (Å²) < 4.78 is 6.30. The summed E-state index contributed by atoms with van der Waals surface area (Å²) in [6.07, 6.45) is 0. The van der Waals surface area contributed by atoms with Crippen molar-refractivity contribution in [2.45, 2.75) is 26.2 Å². The van der Waals surface area contributed by atoms with Gasteiger partial charge < -0.3 is 14.6 Å². The minimum Gasteiger partial charge on any atom is -0.454 e. The highest BCUT2D eigenvalue weighted by molar-refractivity contribution is 6.09. The second kappa shape index (κ2) is 10.8. The first-order chi connectivity index (χ1) is 21.0. The summed E-state index contributed by atoms with van der Waals surface area (Å²) >= 11 is 0. The lowest BCUT2D eigenvalue weighted by atomic mass is 9.87. The van der Waals surface area contributed by atoms with Gasteiger partial charge in [0.1, 0.15) is 5.58 Å². The SMILES string of the molecule is CC(C)(C)c1ccc(N(c2cccc(Nc3cccc4c3oc3ccccc34)c2)c2ccccc2-c2ccccc2)cc1. The molecule has 3 heteroatoms. The van der Waals surface area contributed by atoms with Gasteiger partial charge in [0.2, 0.25) is 0 Å². The Morgan fingerprint density at radius 3 is 2.09 bits per heavy atom. The van der Waals surface area contributed by atoms with Crippen LogP contribution in [0.4, 0.5) is 28.4 Å². The Balaban J connectivity index is 1.34. The van der Waals surface area contributed by atoms with Crippen LogP contribution in [0, 0.1) is 0 Å². The zero-order valence-corrected chi connectivity index (χ0v) is 24.7. The van der Waals surface area contributed by atoms with Crippen molar-refractivity contribution in [3.63, 3.8) is 0 Å². The van der Waals surface area contributed by atoms with E-state index in [0.29, 0.717) is 0 Å². The molecule has 0 spiro atoms. The standard InChI is InChI=1S/C40H34N2O/c1-40(2,3)29-23-25-31(26-24-29)42(37-21-9-7-17-33(37)28-13-5-4-6-14-28)32-16-11-15-30(27-32)41-36-20-12-19-35-34-18-8-10-22-38(34)43-39(35)36/h4-27,41H,1-3H3. The third-order valence-electron chi connectivity index (χ3n) is 8.01. The van der Waals surface area contributed by atoms with E-state index in [9.17, 15) is 0 Å². The molecule has 1 N–H and O–H groups in total. The highest BCUT2D eigenvalue weighted by Crippen LogP contribution is 2.42. The van der Waals surface area contributed by atoms with E-state index in [2.05, 4.69) is 164 Å². The van der Waals surface area contributed by atoms with Crippen LogP contribution in [0.5, 0.6) is 0 Å². The molecule has 0 amide bonds. The van der Waals surface area contributed by atoms with Gasteiger partial charge in [-0.25, -0.2) is 0 Å². The van der Waals surface area contributed by atoms with Crippen LogP contribution in [0.3, 0.4) is 0 Å². The first-order valence-corrected chi connectivity index (χ1v) is 14.8. The molecule has 7 rings (SSSR count). The van der Waals surface area contributed by atoms with Crippen LogP contribution < -0.4 is 10.2 Å². The molecule has 0 aliphatic carbocycles. The Bertz CT molecular complexity index is 2030. The maximum atomic E-state index is 6.30. The number of hydrogen-bond donors (Lipinski definition) is 1. The normalized spacial score (nSPS) is 11.6. The van der Waals surface area contributed by atoms with Crippen molar-refractivity contribution >= 4 is 50.4 Å². The van der Waals surface area contributed by atoms with E-state index in [4.69, 9.17) is 4.42 Å². The number of anilines is 5. The van der Waals surface area contributed by atoms with E-state index >= 15 is 0 Å². The Hall–Kier alpha value is -5.28. The smallest absolute Gasteiger partial charge is 0.158 e. The topological polar surface area (TPSA) is 28.4 Å². The van der Waals surface area contributed by atoms with Crippen LogP contribution in [0.1, 0.15) is 26.3 Å². The fourth-order valence-electron chi connectivity index (χ4n) is 5.79. The lowest BCUT2D eigenvalue weighted by molar-refractivity contribution is 0.590. The van der Waals surface area contributed by atoms with E-state index < -0.39 is 0 Å². The summed E-state index contributed by atoms with van der Waals surface area (Å²) in [5.74, 6) is 0. The average molecular weight is 559 g/mol. The zero-order valence-electron chi connectivity index (χ0n) is 24.7. The van der Waals surface area contributed by atoms with E-state index in [1.165, 1.54) is 16.7 Å². The van der Waals surface area contributed by atoms with Gasteiger partial charge in [-0.15, -0.1) is 0 Å². The lowest BCUT2D eigenvalue weighted by Crippen LogP contribution is -2.14. The number of nitrogens with one attached hydrogen (secondary N) is 1. The van der Waals surface area contributed by atoms with Crippen LogP contribution in [0.25, 0.3) is 33.1 Å². The van der Waals surface area contributed by atoms with Crippen molar-refractivity contribution < 1.29 is 4.42 Å². The van der Waals surface area contributed by atoms with Gasteiger partial charge in [0.25, 0.3) is 0 Å². The number of hydrogen-bond acceptors (Lipinski definition) is 3. The van der Waals surface area contributed by atoms with E-state index in [-0.39, 0.29) is 5.41 Å². The van der Waals surface area contributed by atoms with Gasteiger partial charge in [-0.2, -0.15) is 0 Å². The van der Waals surface area contributed by atoms with Crippen molar-refractivity contribution in [1.29, 1.82) is 0 Å². The van der Waals surface area contributed by atoms with Crippen molar-refractivity contribution in [3.05, 3.63) is 151 Å². The van der Waals surface area contributed by atoms with E-state index in [1.54, 1.807) is 0 Å². The summed E-state index contributed by atoms with van der Waals surface area (Å²) in [5.41, 5.74) is 10.7. The molecule has 0 unspecified atom stereocenters. The van der Waals surface area contributed by atoms with Gasteiger partial charge in [0.05, 0.1) is 11.4 Å². The molecule has 0 saturated carbocycles. The second-order valence-corrected chi connectivity index (χ2v) is 12.0. The maximum absolute atomic E-state index is 6.30. The number of para-hydroxylation sites is 3.